The third kappa shape index (κ3) is 2.18. The van der Waals surface area contributed by atoms with Gasteiger partial charge < -0.3 is 0 Å². The fourth-order valence-corrected chi connectivity index (χ4v) is 4.08. The van der Waals surface area contributed by atoms with Gasteiger partial charge in [-0.2, -0.15) is 0 Å². The quantitative estimate of drug-likeness (QED) is 0.502. The zero-order valence-corrected chi connectivity index (χ0v) is 13.2. The Kier molecular flexibility index (Phi) is 3.35. The molecular formula is C19H16N2S. The van der Waals surface area contributed by atoms with Crippen LogP contribution in [0.3, 0.4) is 0 Å². The van der Waals surface area contributed by atoms with Crippen molar-refractivity contribution < 1.29 is 0 Å². The zero-order chi connectivity index (χ0) is 14.9. The first kappa shape index (κ1) is 13.4. The molecule has 4 aromatic rings. The van der Waals surface area contributed by atoms with Crippen molar-refractivity contribution in [3.63, 3.8) is 0 Å². The summed E-state index contributed by atoms with van der Waals surface area (Å²) in [5, 5.41) is 2.45. The fraction of sp³-hybridized carbons (Fsp3) is 0.158. The van der Waals surface area contributed by atoms with Gasteiger partial charge in [-0.15, -0.1) is 11.3 Å². The van der Waals surface area contributed by atoms with E-state index in [0.717, 1.165) is 23.1 Å². The molecule has 0 fully saturated rings. The van der Waals surface area contributed by atoms with Crippen LogP contribution in [0.1, 0.15) is 18.9 Å². The van der Waals surface area contributed by atoms with Crippen molar-refractivity contribution in [1.82, 2.24) is 9.97 Å². The Bertz CT molecular complexity index is 942. The van der Waals surface area contributed by atoms with Gasteiger partial charge in [-0.3, -0.25) is 0 Å². The number of benzene rings is 2. The van der Waals surface area contributed by atoms with Crippen LogP contribution < -0.4 is 0 Å². The summed E-state index contributed by atoms with van der Waals surface area (Å²) in [5.74, 6) is 0. The summed E-state index contributed by atoms with van der Waals surface area (Å²) in [6.07, 6.45) is 5.82. The van der Waals surface area contributed by atoms with Crippen LogP contribution in [0.5, 0.6) is 0 Å². The van der Waals surface area contributed by atoms with E-state index in [-0.39, 0.29) is 0 Å². The van der Waals surface area contributed by atoms with Gasteiger partial charge in [-0.25, -0.2) is 9.97 Å². The summed E-state index contributed by atoms with van der Waals surface area (Å²) in [6, 6.07) is 15.3. The van der Waals surface area contributed by atoms with Crippen molar-refractivity contribution in [2.24, 2.45) is 0 Å². The van der Waals surface area contributed by atoms with E-state index < -0.39 is 0 Å². The molecule has 4 rings (SSSR count). The molecule has 22 heavy (non-hydrogen) atoms. The number of thiophene rings is 1. The highest BCUT2D eigenvalue weighted by molar-refractivity contribution is 7.26. The molecule has 0 spiro atoms. The van der Waals surface area contributed by atoms with Crippen LogP contribution in [-0.2, 0) is 6.42 Å². The van der Waals surface area contributed by atoms with Gasteiger partial charge in [-0.05, 0) is 35.2 Å². The minimum Gasteiger partial charge on any atom is -0.244 e. The second-order valence-electron chi connectivity index (χ2n) is 5.48. The molecule has 0 bridgehead atoms. The average Bonchev–Trinajstić information content (AvgIpc) is 2.94. The third-order valence-electron chi connectivity index (χ3n) is 3.94. The van der Waals surface area contributed by atoms with Crippen LogP contribution in [0.2, 0.25) is 0 Å². The van der Waals surface area contributed by atoms with E-state index in [1.54, 1.807) is 17.7 Å². The lowest BCUT2D eigenvalue weighted by Gasteiger charge is -2.07. The lowest BCUT2D eigenvalue weighted by molar-refractivity contribution is 0.924. The predicted octanol–water partition coefficient (Wildman–Crippen LogP) is 5.46. The Labute approximate surface area is 133 Å². The highest BCUT2D eigenvalue weighted by atomic mass is 32.1. The Hall–Kier alpha value is -2.26. The lowest BCUT2D eigenvalue weighted by atomic mass is 9.98. The summed E-state index contributed by atoms with van der Waals surface area (Å²) in [7, 11) is 0. The maximum Gasteiger partial charge on any atom is 0.127 e. The van der Waals surface area contributed by atoms with Gasteiger partial charge in [-0.1, -0.05) is 43.7 Å². The van der Waals surface area contributed by atoms with Crippen LogP contribution in [0.4, 0.5) is 0 Å². The first-order chi connectivity index (χ1) is 10.9. The molecule has 0 atom stereocenters. The Balaban J connectivity index is 2.09. The van der Waals surface area contributed by atoms with Crippen LogP contribution in [0.25, 0.3) is 31.4 Å². The molecule has 0 unspecified atom stereocenters. The van der Waals surface area contributed by atoms with Crippen molar-refractivity contribution in [2.45, 2.75) is 19.8 Å². The van der Waals surface area contributed by atoms with E-state index in [4.69, 9.17) is 0 Å². The number of hydrogen-bond donors (Lipinski definition) is 0. The average molecular weight is 304 g/mol. The molecular weight excluding hydrogens is 288 g/mol. The Morgan fingerprint density at radius 2 is 1.91 bits per heavy atom. The van der Waals surface area contributed by atoms with Gasteiger partial charge in [0.1, 0.15) is 11.2 Å². The number of aromatic nitrogens is 2. The largest absolute Gasteiger partial charge is 0.244 e. The molecule has 0 radical (unpaired) electrons. The lowest BCUT2D eigenvalue weighted by Crippen LogP contribution is -1.86. The Morgan fingerprint density at radius 3 is 2.73 bits per heavy atom. The number of rotatable bonds is 3. The molecule has 108 valence electrons. The fourth-order valence-electron chi connectivity index (χ4n) is 2.94. The first-order valence-electron chi connectivity index (χ1n) is 7.57. The molecule has 0 amide bonds. The predicted molar refractivity (Wildman–Crippen MR) is 94.4 cm³/mol. The first-order valence-corrected chi connectivity index (χ1v) is 8.39. The molecule has 2 aromatic carbocycles. The van der Waals surface area contributed by atoms with Gasteiger partial charge in [0.25, 0.3) is 0 Å². The van der Waals surface area contributed by atoms with Crippen LogP contribution in [0.15, 0.2) is 55.0 Å². The van der Waals surface area contributed by atoms with E-state index in [1.165, 1.54) is 26.8 Å². The van der Waals surface area contributed by atoms with Gasteiger partial charge in [0.15, 0.2) is 0 Å². The van der Waals surface area contributed by atoms with Crippen LogP contribution >= 0.6 is 11.3 Å². The molecule has 0 aliphatic rings. The van der Waals surface area contributed by atoms with Crippen LogP contribution in [0, 0.1) is 0 Å². The molecule has 0 aliphatic heterocycles. The zero-order valence-electron chi connectivity index (χ0n) is 12.4. The van der Waals surface area contributed by atoms with Crippen molar-refractivity contribution in [3.8, 4) is 11.1 Å². The molecule has 0 aliphatic carbocycles. The molecule has 0 saturated carbocycles. The van der Waals surface area contributed by atoms with Gasteiger partial charge in [0.05, 0.1) is 0 Å². The topological polar surface area (TPSA) is 25.8 Å². The standard InChI is InChI=1S/C19H16N2S/c1-2-6-13-9-15(14-7-4-3-5-8-14)18-16(10-13)17-11-20-12-21-19(17)22-18/h3-5,7-12H,2,6H2,1H3. The van der Waals surface area contributed by atoms with E-state index in [1.807, 2.05) is 6.20 Å². The molecule has 2 nitrogen and oxygen atoms in total. The second kappa shape index (κ2) is 5.50. The summed E-state index contributed by atoms with van der Waals surface area (Å²) < 4.78 is 1.31. The van der Waals surface area contributed by atoms with E-state index in [2.05, 4.69) is 59.4 Å². The number of fused-ring (bicyclic) bond motifs is 3. The summed E-state index contributed by atoms with van der Waals surface area (Å²) in [5.41, 5.74) is 3.96. The highest BCUT2D eigenvalue weighted by Crippen LogP contribution is 2.39. The second-order valence-corrected chi connectivity index (χ2v) is 6.48. The van der Waals surface area contributed by atoms with E-state index >= 15 is 0 Å². The highest BCUT2D eigenvalue weighted by Gasteiger charge is 2.12. The molecule has 2 aromatic heterocycles. The normalized spacial score (nSPS) is 11.3. The maximum absolute atomic E-state index is 4.44. The summed E-state index contributed by atoms with van der Waals surface area (Å²) in [6.45, 7) is 2.22. The molecule has 0 N–H and O–H groups in total. The van der Waals surface area contributed by atoms with Crippen molar-refractivity contribution in [1.29, 1.82) is 0 Å². The number of nitrogens with zero attached hydrogens (tertiary/aromatic N) is 2. The number of hydrogen-bond acceptors (Lipinski definition) is 3. The maximum atomic E-state index is 4.44. The smallest absolute Gasteiger partial charge is 0.127 e. The minimum absolute atomic E-state index is 1.07. The third-order valence-corrected chi connectivity index (χ3v) is 5.10. The molecule has 3 heteroatoms. The van der Waals surface area contributed by atoms with Gasteiger partial charge in [0.2, 0.25) is 0 Å². The van der Waals surface area contributed by atoms with Crippen LogP contribution in [-0.4, -0.2) is 9.97 Å². The number of aryl methyl sites for hydroxylation is 1. The summed E-state index contributed by atoms with van der Waals surface area (Å²) in [4.78, 5) is 9.71. The summed E-state index contributed by atoms with van der Waals surface area (Å²) >= 11 is 1.76. The van der Waals surface area contributed by atoms with Gasteiger partial charge >= 0.3 is 0 Å². The molecule has 0 saturated heterocycles. The van der Waals surface area contributed by atoms with Crippen molar-refractivity contribution in [2.75, 3.05) is 0 Å². The van der Waals surface area contributed by atoms with Crippen molar-refractivity contribution in [3.05, 3.63) is 60.6 Å². The van der Waals surface area contributed by atoms with E-state index in [9.17, 15) is 0 Å². The Morgan fingerprint density at radius 1 is 1.05 bits per heavy atom. The van der Waals surface area contributed by atoms with E-state index in [0.29, 0.717) is 0 Å². The monoisotopic (exact) mass is 304 g/mol. The van der Waals surface area contributed by atoms with Gasteiger partial charge in [0, 0.05) is 21.7 Å². The SMILES string of the molecule is CCCc1cc(-c2ccccc2)c2sc3ncncc3c2c1. The minimum atomic E-state index is 1.07. The van der Waals surface area contributed by atoms with Crippen molar-refractivity contribution >= 4 is 31.6 Å². The molecule has 2 heterocycles.